The fourth-order valence-corrected chi connectivity index (χ4v) is 2.95. The number of nitrogens with one attached hydrogen (secondary N) is 1. The van der Waals surface area contributed by atoms with Gasteiger partial charge in [-0.05, 0) is 19.1 Å². The summed E-state index contributed by atoms with van der Waals surface area (Å²) in [5.74, 6) is -1.06. The van der Waals surface area contributed by atoms with Gasteiger partial charge in [0.1, 0.15) is 23.1 Å². The number of rotatable bonds is 6. The van der Waals surface area contributed by atoms with Gasteiger partial charge >= 0.3 is 5.97 Å². The van der Waals surface area contributed by atoms with Crippen LogP contribution in [0.1, 0.15) is 28.6 Å². The Morgan fingerprint density at radius 1 is 1.35 bits per heavy atom. The summed E-state index contributed by atoms with van der Waals surface area (Å²) in [6, 6.07) is 11.2. The van der Waals surface area contributed by atoms with Crippen LogP contribution in [0.2, 0.25) is 0 Å². The Morgan fingerprint density at radius 3 is 2.65 bits per heavy atom. The van der Waals surface area contributed by atoms with Gasteiger partial charge in [0, 0.05) is 5.69 Å². The van der Waals surface area contributed by atoms with Crippen LogP contribution < -0.4 is 11.1 Å². The molecule has 2 rings (SSSR count). The number of Topliss-reactive ketones (excluding diaryl/α,β-unsaturated/α-hetero) is 1. The fraction of sp³-hybridized carbons (Fsp3) is 0.188. The van der Waals surface area contributed by atoms with Crippen molar-refractivity contribution >= 4 is 39.5 Å². The average molecular weight is 329 g/mol. The monoisotopic (exact) mass is 329 g/mol. The van der Waals surface area contributed by atoms with Crippen molar-refractivity contribution < 1.29 is 14.3 Å². The second kappa shape index (κ2) is 7.42. The van der Waals surface area contributed by atoms with Gasteiger partial charge in [-0.2, -0.15) is 5.26 Å². The normalized spacial score (nSPS) is 9.91. The first kappa shape index (κ1) is 16.5. The maximum absolute atomic E-state index is 12.2. The summed E-state index contributed by atoms with van der Waals surface area (Å²) in [4.78, 5) is 23.8. The van der Waals surface area contributed by atoms with Crippen LogP contribution in [0, 0.1) is 11.3 Å². The van der Waals surface area contributed by atoms with Gasteiger partial charge in [0.15, 0.2) is 5.78 Å². The molecule has 0 spiro atoms. The minimum atomic E-state index is -0.610. The number of ether oxygens (including phenoxy) is 1. The molecule has 7 heteroatoms. The number of thiophene rings is 1. The van der Waals surface area contributed by atoms with Gasteiger partial charge in [-0.25, -0.2) is 0 Å². The van der Waals surface area contributed by atoms with E-state index in [-0.39, 0.29) is 22.7 Å². The molecule has 2 aromatic rings. The van der Waals surface area contributed by atoms with Gasteiger partial charge in [-0.15, -0.1) is 11.3 Å². The average Bonchev–Trinajstić information content (AvgIpc) is 2.84. The number of ketones is 1. The van der Waals surface area contributed by atoms with Crippen molar-refractivity contribution in [3.8, 4) is 6.07 Å². The summed E-state index contributed by atoms with van der Waals surface area (Å²) < 4.78 is 4.76. The standard InChI is InChI=1S/C16H15N3O3S/c1-2-22-13(21)8-12(20)15-14(18)11(9-17)16(23-15)19-10-6-4-3-5-7-10/h3-7,19H,2,8,18H2,1H3. The highest BCUT2D eigenvalue weighted by molar-refractivity contribution is 7.19. The van der Waals surface area contributed by atoms with Gasteiger partial charge in [0.2, 0.25) is 0 Å². The highest BCUT2D eigenvalue weighted by Gasteiger charge is 2.23. The number of nitriles is 1. The van der Waals surface area contributed by atoms with Crippen molar-refractivity contribution in [2.24, 2.45) is 0 Å². The summed E-state index contributed by atoms with van der Waals surface area (Å²) in [6.07, 6.45) is -0.395. The van der Waals surface area contributed by atoms with Crippen molar-refractivity contribution in [1.29, 1.82) is 5.26 Å². The number of hydrogen-bond acceptors (Lipinski definition) is 7. The summed E-state index contributed by atoms with van der Waals surface area (Å²) >= 11 is 1.06. The van der Waals surface area contributed by atoms with E-state index in [1.54, 1.807) is 6.92 Å². The van der Waals surface area contributed by atoms with Crippen molar-refractivity contribution in [1.82, 2.24) is 0 Å². The molecule has 0 saturated carbocycles. The van der Waals surface area contributed by atoms with Crippen LogP contribution in [0.3, 0.4) is 0 Å². The Balaban J connectivity index is 2.27. The molecule has 0 radical (unpaired) electrons. The van der Waals surface area contributed by atoms with Crippen LogP contribution in [-0.4, -0.2) is 18.4 Å². The summed E-state index contributed by atoms with van der Waals surface area (Å²) in [7, 11) is 0. The number of para-hydroxylation sites is 1. The van der Waals surface area contributed by atoms with E-state index in [4.69, 9.17) is 10.5 Å². The lowest BCUT2D eigenvalue weighted by Crippen LogP contribution is -2.11. The molecule has 0 aliphatic heterocycles. The number of anilines is 3. The van der Waals surface area contributed by atoms with E-state index in [2.05, 4.69) is 5.32 Å². The van der Waals surface area contributed by atoms with Gasteiger partial charge in [0.05, 0.1) is 17.2 Å². The predicted molar refractivity (Wildman–Crippen MR) is 88.8 cm³/mol. The van der Waals surface area contributed by atoms with E-state index in [0.717, 1.165) is 17.0 Å². The number of nitrogens with zero attached hydrogens (tertiary/aromatic N) is 1. The molecule has 6 nitrogen and oxygen atoms in total. The van der Waals surface area contributed by atoms with Crippen LogP contribution >= 0.6 is 11.3 Å². The van der Waals surface area contributed by atoms with Crippen LogP contribution in [0.25, 0.3) is 0 Å². The first-order valence-corrected chi connectivity index (χ1v) is 7.71. The molecule has 0 bridgehead atoms. The molecule has 0 unspecified atom stereocenters. The molecule has 0 saturated heterocycles. The molecule has 0 fully saturated rings. The first-order valence-electron chi connectivity index (χ1n) is 6.90. The number of esters is 1. The molecule has 0 amide bonds. The minimum Gasteiger partial charge on any atom is -0.466 e. The Morgan fingerprint density at radius 2 is 2.04 bits per heavy atom. The summed E-state index contributed by atoms with van der Waals surface area (Å²) in [6.45, 7) is 1.87. The Labute approximate surface area is 137 Å². The zero-order valence-electron chi connectivity index (χ0n) is 12.5. The van der Waals surface area contributed by atoms with E-state index in [1.165, 1.54) is 0 Å². The number of carbonyl (C=O) groups excluding carboxylic acids is 2. The zero-order chi connectivity index (χ0) is 16.8. The SMILES string of the molecule is CCOC(=O)CC(=O)c1sc(Nc2ccccc2)c(C#N)c1N. The highest BCUT2D eigenvalue weighted by atomic mass is 32.1. The summed E-state index contributed by atoms with van der Waals surface area (Å²) in [5.41, 5.74) is 6.95. The molecule has 3 N–H and O–H groups in total. The third-order valence-corrected chi connectivity index (χ3v) is 4.11. The Bertz CT molecular complexity index is 763. The van der Waals surface area contributed by atoms with Crippen molar-refractivity contribution in [2.45, 2.75) is 13.3 Å². The maximum Gasteiger partial charge on any atom is 0.313 e. The van der Waals surface area contributed by atoms with Gasteiger partial charge < -0.3 is 15.8 Å². The van der Waals surface area contributed by atoms with Gasteiger partial charge in [-0.3, -0.25) is 9.59 Å². The minimum absolute atomic E-state index is 0.0882. The third-order valence-electron chi connectivity index (χ3n) is 2.95. The Hall–Kier alpha value is -2.85. The van der Waals surface area contributed by atoms with Crippen LogP contribution in [0.15, 0.2) is 30.3 Å². The molecule has 118 valence electrons. The number of benzene rings is 1. The van der Waals surface area contributed by atoms with Crippen LogP contribution in [0.5, 0.6) is 0 Å². The third kappa shape index (κ3) is 3.87. The van der Waals surface area contributed by atoms with Crippen LogP contribution in [-0.2, 0) is 9.53 Å². The van der Waals surface area contributed by atoms with Gasteiger partial charge in [-0.1, -0.05) is 18.2 Å². The topological polar surface area (TPSA) is 105 Å². The highest BCUT2D eigenvalue weighted by Crippen LogP contribution is 2.37. The zero-order valence-corrected chi connectivity index (χ0v) is 13.3. The van der Waals surface area contributed by atoms with Crippen molar-refractivity contribution in [3.05, 3.63) is 40.8 Å². The fourth-order valence-electron chi connectivity index (χ4n) is 1.93. The first-order chi connectivity index (χ1) is 11.1. The number of nitrogens with two attached hydrogens (primary N) is 1. The quantitative estimate of drug-likeness (QED) is 0.479. The number of carbonyl (C=O) groups is 2. The molecule has 0 aliphatic carbocycles. The predicted octanol–water partition coefficient (Wildman–Crippen LogP) is 3.08. The molecular formula is C16H15N3O3S. The molecule has 1 aromatic heterocycles. The lowest BCUT2D eigenvalue weighted by atomic mass is 10.2. The lowest BCUT2D eigenvalue weighted by Gasteiger charge is -2.03. The number of hydrogen-bond donors (Lipinski definition) is 2. The summed E-state index contributed by atoms with van der Waals surface area (Å²) in [5, 5.41) is 12.8. The molecule has 0 aliphatic rings. The molecule has 0 atom stereocenters. The second-order valence-electron chi connectivity index (χ2n) is 4.56. The molecule has 23 heavy (non-hydrogen) atoms. The van der Waals surface area contributed by atoms with Crippen LogP contribution in [0.4, 0.5) is 16.4 Å². The molecule has 1 aromatic carbocycles. The largest absolute Gasteiger partial charge is 0.466 e. The van der Waals surface area contributed by atoms with Gasteiger partial charge in [0.25, 0.3) is 0 Å². The van der Waals surface area contributed by atoms with E-state index in [9.17, 15) is 14.9 Å². The van der Waals surface area contributed by atoms with E-state index in [0.29, 0.717) is 5.00 Å². The smallest absolute Gasteiger partial charge is 0.313 e. The van der Waals surface area contributed by atoms with E-state index in [1.807, 2.05) is 36.4 Å². The number of nitrogen functional groups attached to an aromatic ring is 1. The molecular weight excluding hydrogens is 314 g/mol. The maximum atomic E-state index is 12.2. The van der Waals surface area contributed by atoms with E-state index < -0.39 is 18.2 Å². The lowest BCUT2D eigenvalue weighted by molar-refractivity contribution is -0.141. The van der Waals surface area contributed by atoms with Crippen molar-refractivity contribution in [3.63, 3.8) is 0 Å². The van der Waals surface area contributed by atoms with E-state index >= 15 is 0 Å². The van der Waals surface area contributed by atoms with Crippen molar-refractivity contribution in [2.75, 3.05) is 17.7 Å². The second-order valence-corrected chi connectivity index (χ2v) is 5.58. The Kier molecular flexibility index (Phi) is 5.33. The molecule has 1 heterocycles.